The van der Waals surface area contributed by atoms with E-state index >= 15 is 0 Å². The lowest BCUT2D eigenvalue weighted by Crippen LogP contribution is -2.37. The van der Waals surface area contributed by atoms with Gasteiger partial charge in [-0.3, -0.25) is 14.4 Å². The molecular weight excluding hydrogens is 420 g/mol. The molecule has 0 saturated carbocycles. The number of nitrogens with zero attached hydrogens (tertiary/aromatic N) is 2. The molecule has 3 aromatic carbocycles. The van der Waals surface area contributed by atoms with Gasteiger partial charge in [0.1, 0.15) is 17.4 Å². The third-order valence-electron chi connectivity index (χ3n) is 6.15. The smallest absolute Gasteiger partial charge is 0.266 e. The van der Waals surface area contributed by atoms with Crippen molar-refractivity contribution in [3.05, 3.63) is 83.9 Å². The maximum absolute atomic E-state index is 13.7. The molecule has 2 saturated heterocycles. The Morgan fingerprint density at radius 1 is 0.818 bits per heavy atom. The number of hydrogen-bond acceptors (Lipinski definition) is 6. The number of fused-ring (bicyclic) bond motifs is 1. The van der Waals surface area contributed by atoms with Crippen LogP contribution in [0.25, 0.3) is 0 Å². The van der Waals surface area contributed by atoms with Gasteiger partial charge in [-0.15, -0.1) is 0 Å². The van der Waals surface area contributed by atoms with Crippen molar-refractivity contribution in [2.75, 3.05) is 24.2 Å². The van der Waals surface area contributed by atoms with Gasteiger partial charge >= 0.3 is 0 Å². The molecule has 2 heterocycles. The van der Waals surface area contributed by atoms with Crippen LogP contribution < -0.4 is 19.4 Å². The lowest BCUT2D eigenvalue weighted by atomic mass is 9.90. The second kappa shape index (κ2) is 8.26. The maximum atomic E-state index is 13.7. The van der Waals surface area contributed by atoms with Gasteiger partial charge in [-0.2, -0.15) is 0 Å². The first-order valence-electron chi connectivity index (χ1n) is 10.7. The number of anilines is 2. The number of rotatable bonds is 5. The number of methoxy groups -OCH3 is 2. The van der Waals surface area contributed by atoms with Crippen molar-refractivity contribution >= 4 is 23.2 Å². The lowest BCUT2D eigenvalue weighted by molar-refractivity contribution is -0.126. The van der Waals surface area contributed by atoms with Crippen LogP contribution in [-0.4, -0.2) is 32.1 Å². The van der Waals surface area contributed by atoms with E-state index in [2.05, 4.69) is 0 Å². The van der Waals surface area contributed by atoms with E-state index in [0.29, 0.717) is 17.2 Å². The molecule has 0 aliphatic carbocycles. The molecule has 0 unspecified atom stereocenters. The standard InChI is InChI=1S/C26H24N2O5/c1-16-8-7-11-18(14-16)27-25(29)22-23(20-13-12-19(31-2)15-21(20)32-3)28(33-24(22)26(27)30)17-9-5-4-6-10-17/h4-15,22-24H,1-3H3/t22-,23+,24-/m0/s1. The number of carbonyl (C=O) groups is 2. The fraction of sp³-hybridized carbons (Fsp3) is 0.231. The summed E-state index contributed by atoms with van der Waals surface area (Å²) in [5.41, 5.74) is 3.00. The summed E-state index contributed by atoms with van der Waals surface area (Å²) < 4.78 is 11.0. The number of para-hydroxylation sites is 1. The van der Waals surface area contributed by atoms with Crippen molar-refractivity contribution < 1.29 is 23.9 Å². The Hall–Kier alpha value is -3.84. The van der Waals surface area contributed by atoms with E-state index < -0.39 is 18.1 Å². The molecule has 7 heteroatoms. The van der Waals surface area contributed by atoms with E-state index in [1.807, 2.05) is 67.6 Å². The molecule has 2 aliphatic heterocycles. The van der Waals surface area contributed by atoms with Gasteiger partial charge in [0, 0.05) is 11.6 Å². The summed E-state index contributed by atoms with van der Waals surface area (Å²) in [7, 11) is 3.15. The number of imide groups is 1. The normalized spacial score (nSPS) is 22.0. The second-order valence-electron chi connectivity index (χ2n) is 8.12. The molecule has 2 fully saturated rings. The predicted octanol–water partition coefficient (Wildman–Crippen LogP) is 4.06. The van der Waals surface area contributed by atoms with Gasteiger partial charge < -0.3 is 9.47 Å². The first-order valence-corrected chi connectivity index (χ1v) is 10.7. The number of amides is 2. The lowest BCUT2D eigenvalue weighted by Gasteiger charge is -2.29. The second-order valence-corrected chi connectivity index (χ2v) is 8.12. The van der Waals surface area contributed by atoms with Crippen molar-refractivity contribution in [1.29, 1.82) is 0 Å². The number of hydroxylamine groups is 1. The van der Waals surface area contributed by atoms with Crippen LogP contribution in [-0.2, 0) is 14.4 Å². The quantitative estimate of drug-likeness (QED) is 0.553. The summed E-state index contributed by atoms with van der Waals surface area (Å²) in [5.74, 6) is -0.213. The van der Waals surface area contributed by atoms with Crippen LogP contribution in [0.2, 0.25) is 0 Å². The summed E-state index contributed by atoms with van der Waals surface area (Å²) >= 11 is 0. The van der Waals surface area contributed by atoms with E-state index in [9.17, 15) is 9.59 Å². The average molecular weight is 444 g/mol. The summed E-state index contributed by atoms with van der Waals surface area (Å²) in [4.78, 5) is 34.6. The van der Waals surface area contributed by atoms with Gasteiger partial charge in [0.2, 0.25) is 5.91 Å². The summed E-state index contributed by atoms with van der Waals surface area (Å²) in [5, 5.41) is 1.66. The summed E-state index contributed by atoms with van der Waals surface area (Å²) in [6.45, 7) is 1.92. The van der Waals surface area contributed by atoms with Crippen LogP contribution in [0, 0.1) is 12.8 Å². The van der Waals surface area contributed by atoms with Gasteiger partial charge in [0.05, 0.1) is 31.6 Å². The van der Waals surface area contributed by atoms with Crippen LogP contribution in [0.3, 0.4) is 0 Å². The molecule has 2 amide bonds. The molecule has 0 N–H and O–H groups in total. The molecule has 168 valence electrons. The average Bonchev–Trinajstić information content (AvgIpc) is 3.35. The summed E-state index contributed by atoms with van der Waals surface area (Å²) in [6, 6.07) is 21.7. The van der Waals surface area contributed by atoms with Gasteiger partial charge in [-0.05, 0) is 48.9 Å². The number of ether oxygens (including phenoxy) is 2. The third-order valence-corrected chi connectivity index (χ3v) is 6.15. The van der Waals surface area contributed by atoms with E-state index in [-0.39, 0.29) is 11.8 Å². The Kier molecular flexibility index (Phi) is 5.26. The highest BCUT2D eigenvalue weighted by atomic mass is 16.7. The van der Waals surface area contributed by atoms with E-state index in [4.69, 9.17) is 14.3 Å². The molecular formula is C26H24N2O5. The monoisotopic (exact) mass is 444 g/mol. The Balaban J connectivity index is 1.62. The van der Waals surface area contributed by atoms with E-state index in [1.165, 1.54) is 4.90 Å². The molecule has 7 nitrogen and oxygen atoms in total. The zero-order chi connectivity index (χ0) is 23.1. The Labute approximate surface area is 192 Å². The largest absolute Gasteiger partial charge is 0.497 e. The van der Waals surface area contributed by atoms with Crippen LogP contribution in [0.4, 0.5) is 11.4 Å². The van der Waals surface area contributed by atoms with Crippen molar-refractivity contribution in [1.82, 2.24) is 0 Å². The minimum atomic E-state index is -0.935. The molecule has 0 bridgehead atoms. The predicted molar refractivity (Wildman–Crippen MR) is 123 cm³/mol. The Bertz CT molecular complexity index is 1210. The minimum Gasteiger partial charge on any atom is -0.497 e. The van der Waals surface area contributed by atoms with E-state index in [0.717, 1.165) is 16.8 Å². The van der Waals surface area contributed by atoms with Crippen molar-refractivity contribution in [3.8, 4) is 11.5 Å². The molecule has 2 aliphatic rings. The first kappa shape index (κ1) is 21.0. The molecule has 0 radical (unpaired) electrons. The van der Waals surface area contributed by atoms with Crippen molar-refractivity contribution in [2.24, 2.45) is 5.92 Å². The summed E-state index contributed by atoms with van der Waals surface area (Å²) in [6.07, 6.45) is -0.935. The molecule has 0 aromatic heterocycles. The van der Waals surface area contributed by atoms with Crippen LogP contribution in [0.1, 0.15) is 17.2 Å². The zero-order valence-electron chi connectivity index (χ0n) is 18.6. The number of hydrogen-bond donors (Lipinski definition) is 0. The van der Waals surface area contributed by atoms with Crippen LogP contribution in [0.5, 0.6) is 11.5 Å². The van der Waals surface area contributed by atoms with Crippen LogP contribution >= 0.6 is 0 Å². The Morgan fingerprint density at radius 3 is 2.27 bits per heavy atom. The highest BCUT2D eigenvalue weighted by Gasteiger charge is 2.60. The Morgan fingerprint density at radius 2 is 1.58 bits per heavy atom. The maximum Gasteiger partial charge on any atom is 0.266 e. The minimum absolute atomic E-state index is 0.295. The highest BCUT2D eigenvalue weighted by Crippen LogP contribution is 2.49. The van der Waals surface area contributed by atoms with Gasteiger partial charge in [-0.1, -0.05) is 30.3 Å². The molecule has 3 aromatic rings. The number of aryl methyl sites for hydroxylation is 1. The van der Waals surface area contributed by atoms with Crippen molar-refractivity contribution in [3.63, 3.8) is 0 Å². The third kappa shape index (κ3) is 3.41. The van der Waals surface area contributed by atoms with Gasteiger partial charge in [-0.25, -0.2) is 9.96 Å². The molecule has 5 rings (SSSR count). The van der Waals surface area contributed by atoms with Gasteiger partial charge in [0.25, 0.3) is 5.91 Å². The molecule has 33 heavy (non-hydrogen) atoms. The topological polar surface area (TPSA) is 68.3 Å². The molecule has 0 spiro atoms. The van der Waals surface area contributed by atoms with Crippen LogP contribution in [0.15, 0.2) is 72.8 Å². The number of benzene rings is 3. The zero-order valence-corrected chi connectivity index (χ0v) is 18.6. The van der Waals surface area contributed by atoms with Crippen molar-refractivity contribution in [2.45, 2.75) is 19.1 Å². The molecule has 3 atom stereocenters. The SMILES string of the molecule is COc1ccc([C@@H]2[C@@H]3C(=O)N(c4cccc(C)c4)C(=O)[C@H]3ON2c2ccccc2)c(OC)c1. The highest BCUT2D eigenvalue weighted by molar-refractivity contribution is 6.24. The fourth-order valence-electron chi connectivity index (χ4n) is 4.61. The fourth-order valence-corrected chi connectivity index (χ4v) is 4.61. The van der Waals surface area contributed by atoms with Gasteiger partial charge in [0.15, 0.2) is 6.10 Å². The van der Waals surface area contributed by atoms with E-state index in [1.54, 1.807) is 31.4 Å². The first-order chi connectivity index (χ1) is 16.0. The number of carbonyl (C=O) groups excluding carboxylic acids is 2.